The average molecular weight is 260 g/mol. The van der Waals surface area contributed by atoms with Crippen molar-refractivity contribution in [3.05, 3.63) is 36.1 Å². The summed E-state index contributed by atoms with van der Waals surface area (Å²) in [7, 11) is 0. The summed E-state index contributed by atoms with van der Waals surface area (Å²) in [5.41, 5.74) is 5.57. The molecule has 0 aliphatic rings. The van der Waals surface area contributed by atoms with Crippen molar-refractivity contribution in [1.29, 1.82) is 0 Å². The topological polar surface area (TPSA) is 85.3 Å². The van der Waals surface area contributed by atoms with Crippen molar-refractivity contribution in [2.24, 2.45) is 5.73 Å². The minimum absolute atomic E-state index is 0.0779. The van der Waals surface area contributed by atoms with E-state index >= 15 is 0 Å². The fourth-order valence-corrected chi connectivity index (χ4v) is 2.01. The normalized spacial score (nSPS) is 11.5. The Kier molecular flexibility index (Phi) is 3.29. The SMILES string of the molecule is CC(C)(CC(N)=O)NC(=O)c1coc2ccccc12. The molecule has 0 saturated carbocycles. The first-order valence-corrected chi connectivity index (χ1v) is 5.96. The van der Waals surface area contributed by atoms with Gasteiger partial charge >= 0.3 is 0 Å². The molecule has 100 valence electrons. The zero-order valence-corrected chi connectivity index (χ0v) is 10.9. The highest BCUT2D eigenvalue weighted by Crippen LogP contribution is 2.21. The van der Waals surface area contributed by atoms with Gasteiger partial charge in [0.05, 0.1) is 5.56 Å². The Balaban J connectivity index is 2.23. The first-order chi connectivity index (χ1) is 8.89. The minimum atomic E-state index is -0.693. The molecule has 19 heavy (non-hydrogen) atoms. The van der Waals surface area contributed by atoms with E-state index in [2.05, 4.69) is 5.32 Å². The van der Waals surface area contributed by atoms with Gasteiger partial charge in [-0.1, -0.05) is 18.2 Å². The summed E-state index contributed by atoms with van der Waals surface area (Å²) < 4.78 is 5.31. The summed E-state index contributed by atoms with van der Waals surface area (Å²) in [5, 5.41) is 3.53. The Hall–Kier alpha value is -2.30. The van der Waals surface area contributed by atoms with Crippen molar-refractivity contribution < 1.29 is 14.0 Å². The van der Waals surface area contributed by atoms with Crippen LogP contribution < -0.4 is 11.1 Å². The average Bonchev–Trinajstić information content (AvgIpc) is 2.69. The van der Waals surface area contributed by atoms with E-state index in [1.165, 1.54) is 6.26 Å². The third-order valence-corrected chi connectivity index (χ3v) is 2.79. The molecule has 0 radical (unpaired) electrons. The molecule has 0 atom stereocenters. The second kappa shape index (κ2) is 4.76. The number of primary amides is 1. The van der Waals surface area contributed by atoms with Gasteiger partial charge in [0.25, 0.3) is 5.91 Å². The molecule has 0 bridgehead atoms. The maximum absolute atomic E-state index is 12.2. The highest BCUT2D eigenvalue weighted by atomic mass is 16.3. The Morgan fingerprint density at radius 2 is 2.00 bits per heavy atom. The first kappa shape index (κ1) is 13.1. The fourth-order valence-electron chi connectivity index (χ4n) is 2.01. The number of nitrogens with one attached hydrogen (secondary N) is 1. The van der Waals surface area contributed by atoms with Crippen LogP contribution >= 0.6 is 0 Å². The van der Waals surface area contributed by atoms with Crippen molar-refractivity contribution in [3.8, 4) is 0 Å². The molecular weight excluding hydrogens is 244 g/mol. The monoisotopic (exact) mass is 260 g/mol. The van der Waals surface area contributed by atoms with Crippen molar-refractivity contribution in [1.82, 2.24) is 5.32 Å². The molecule has 2 aromatic rings. The van der Waals surface area contributed by atoms with Crippen molar-refractivity contribution in [2.75, 3.05) is 0 Å². The van der Waals surface area contributed by atoms with Crippen LogP contribution in [0.25, 0.3) is 11.0 Å². The second-order valence-electron chi connectivity index (χ2n) is 5.13. The van der Waals surface area contributed by atoms with E-state index in [4.69, 9.17) is 10.2 Å². The lowest BCUT2D eigenvalue weighted by Gasteiger charge is -2.24. The van der Waals surface area contributed by atoms with Gasteiger partial charge in [-0.3, -0.25) is 9.59 Å². The van der Waals surface area contributed by atoms with E-state index in [9.17, 15) is 9.59 Å². The standard InChI is InChI=1S/C14H16N2O3/c1-14(2,7-12(15)17)16-13(18)10-8-19-11-6-4-3-5-9(10)11/h3-6,8H,7H2,1-2H3,(H2,15,17)(H,16,18). The molecule has 2 amide bonds. The predicted octanol–water partition coefficient (Wildman–Crippen LogP) is 1.82. The number of benzene rings is 1. The van der Waals surface area contributed by atoms with Gasteiger partial charge in [-0.2, -0.15) is 0 Å². The third kappa shape index (κ3) is 2.93. The van der Waals surface area contributed by atoms with Crippen LogP contribution in [-0.2, 0) is 4.79 Å². The molecule has 0 unspecified atom stereocenters. The van der Waals surface area contributed by atoms with Gasteiger partial charge in [0.15, 0.2) is 0 Å². The second-order valence-corrected chi connectivity index (χ2v) is 5.13. The highest BCUT2D eigenvalue weighted by molar-refractivity contribution is 6.06. The van der Waals surface area contributed by atoms with E-state index in [-0.39, 0.29) is 12.3 Å². The smallest absolute Gasteiger partial charge is 0.255 e. The number of hydrogen-bond donors (Lipinski definition) is 2. The first-order valence-electron chi connectivity index (χ1n) is 5.96. The largest absolute Gasteiger partial charge is 0.463 e. The molecule has 0 saturated heterocycles. The quantitative estimate of drug-likeness (QED) is 0.879. The molecule has 1 aromatic carbocycles. The molecule has 2 rings (SSSR count). The van der Waals surface area contributed by atoms with E-state index in [0.29, 0.717) is 11.1 Å². The van der Waals surface area contributed by atoms with Crippen LogP contribution in [0.3, 0.4) is 0 Å². The molecule has 0 spiro atoms. The zero-order valence-electron chi connectivity index (χ0n) is 10.9. The third-order valence-electron chi connectivity index (χ3n) is 2.79. The molecule has 0 aliphatic carbocycles. The zero-order chi connectivity index (χ0) is 14.0. The summed E-state index contributed by atoms with van der Waals surface area (Å²) in [6, 6.07) is 7.28. The van der Waals surface area contributed by atoms with Crippen LogP contribution in [0.4, 0.5) is 0 Å². The minimum Gasteiger partial charge on any atom is -0.463 e. The summed E-state index contributed by atoms with van der Waals surface area (Å²) in [6.07, 6.45) is 1.49. The van der Waals surface area contributed by atoms with E-state index < -0.39 is 11.4 Å². The number of para-hydroxylation sites is 1. The number of fused-ring (bicyclic) bond motifs is 1. The van der Waals surface area contributed by atoms with E-state index in [1.807, 2.05) is 18.2 Å². The van der Waals surface area contributed by atoms with Gasteiger partial charge in [0.1, 0.15) is 11.8 Å². The maximum atomic E-state index is 12.2. The van der Waals surface area contributed by atoms with Crippen LogP contribution in [-0.4, -0.2) is 17.4 Å². The van der Waals surface area contributed by atoms with Crippen molar-refractivity contribution in [3.63, 3.8) is 0 Å². The molecule has 0 fully saturated rings. The Labute approximate surface area is 110 Å². The number of carbonyl (C=O) groups is 2. The van der Waals surface area contributed by atoms with Crippen LogP contribution in [0, 0.1) is 0 Å². The number of furan rings is 1. The lowest BCUT2D eigenvalue weighted by molar-refractivity contribution is -0.119. The Morgan fingerprint density at radius 3 is 2.68 bits per heavy atom. The van der Waals surface area contributed by atoms with Crippen LogP contribution in [0.5, 0.6) is 0 Å². The number of hydrogen-bond acceptors (Lipinski definition) is 3. The van der Waals surface area contributed by atoms with E-state index in [1.54, 1.807) is 19.9 Å². The number of rotatable bonds is 4. The van der Waals surface area contributed by atoms with Crippen molar-refractivity contribution in [2.45, 2.75) is 25.8 Å². The summed E-state index contributed by atoms with van der Waals surface area (Å²) in [4.78, 5) is 23.1. The van der Waals surface area contributed by atoms with Crippen LogP contribution in [0.2, 0.25) is 0 Å². The molecule has 1 heterocycles. The van der Waals surface area contributed by atoms with Gasteiger partial charge in [-0.25, -0.2) is 0 Å². The molecule has 1 aromatic heterocycles. The Morgan fingerprint density at radius 1 is 1.32 bits per heavy atom. The van der Waals surface area contributed by atoms with Gasteiger partial charge < -0.3 is 15.5 Å². The molecule has 3 N–H and O–H groups in total. The maximum Gasteiger partial charge on any atom is 0.255 e. The molecule has 5 nitrogen and oxygen atoms in total. The van der Waals surface area contributed by atoms with Crippen molar-refractivity contribution >= 4 is 22.8 Å². The van der Waals surface area contributed by atoms with Crippen LogP contribution in [0.15, 0.2) is 34.9 Å². The van der Waals surface area contributed by atoms with E-state index in [0.717, 1.165) is 5.39 Å². The lowest BCUT2D eigenvalue weighted by atomic mass is 9.99. The number of nitrogens with two attached hydrogens (primary N) is 1. The lowest BCUT2D eigenvalue weighted by Crippen LogP contribution is -2.46. The Bertz CT molecular complexity index is 628. The summed E-state index contributed by atoms with van der Waals surface area (Å²) in [6.45, 7) is 3.50. The summed E-state index contributed by atoms with van der Waals surface area (Å²) >= 11 is 0. The van der Waals surface area contributed by atoms with Gasteiger partial charge in [0.2, 0.25) is 5.91 Å². The molecule has 0 aliphatic heterocycles. The number of amides is 2. The van der Waals surface area contributed by atoms with Crippen LogP contribution in [0.1, 0.15) is 30.6 Å². The highest BCUT2D eigenvalue weighted by Gasteiger charge is 2.25. The van der Waals surface area contributed by atoms with Gasteiger partial charge in [0, 0.05) is 17.3 Å². The summed E-state index contributed by atoms with van der Waals surface area (Å²) in [5.74, 6) is -0.737. The number of carbonyl (C=O) groups excluding carboxylic acids is 2. The molecular formula is C14H16N2O3. The molecule has 5 heteroatoms. The van der Waals surface area contributed by atoms with Gasteiger partial charge in [-0.05, 0) is 19.9 Å². The predicted molar refractivity (Wildman–Crippen MR) is 71.6 cm³/mol. The fraction of sp³-hybridized carbons (Fsp3) is 0.286. The van der Waals surface area contributed by atoms with Gasteiger partial charge in [-0.15, -0.1) is 0 Å².